The molecule has 0 amide bonds. The van der Waals surface area contributed by atoms with E-state index in [1.54, 1.807) is 0 Å². The average Bonchev–Trinajstić information content (AvgIpc) is 3.26. The number of esters is 1. The van der Waals surface area contributed by atoms with Crippen LogP contribution in [0.1, 0.15) is 48.9 Å². The smallest absolute Gasteiger partial charge is 0.320 e. The molecule has 0 aliphatic rings. The van der Waals surface area contributed by atoms with Gasteiger partial charge in [-0.15, -0.1) is 0 Å². The number of carbonyl (C=O) groups excluding carboxylic acids is 1. The molecule has 1 heterocycles. The van der Waals surface area contributed by atoms with Crippen LogP contribution >= 0.6 is 0 Å². The Morgan fingerprint density at radius 3 is 2.10 bits per heavy atom. The summed E-state index contributed by atoms with van der Waals surface area (Å²) in [6, 6.07) is 26.3. The zero-order valence-corrected chi connectivity index (χ0v) is 23.6. The van der Waals surface area contributed by atoms with Crippen LogP contribution in [-0.2, 0) is 29.0 Å². The number of aryl methyl sites for hydroxylation is 2. The van der Waals surface area contributed by atoms with E-state index in [2.05, 4.69) is 41.1 Å². The fraction of sp³-hybridized carbons (Fsp3) is 0.333. The fourth-order valence-electron chi connectivity index (χ4n) is 4.25. The summed E-state index contributed by atoms with van der Waals surface area (Å²) in [6.07, 6.45) is 0.657. The predicted octanol–water partition coefficient (Wildman–Crippen LogP) is 6.92. The van der Waals surface area contributed by atoms with Gasteiger partial charge in [-0.05, 0) is 70.0 Å². The predicted molar refractivity (Wildman–Crippen MR) is 153 cm³/mol. The van der Waals surface area contributed by atoms with Crippen LogP contribution in [0.5, 0.6) is 5.75 Å². The molecule has 6 heteroatoms. The zero-order chi connectivity index (χ0) is 27.8. The van der Waals surface area contributed by atoms with Crippen LogP contribution in [0.2, 0.25) is 0 Å². The van der Waals surface area contributed by atoms with Crippen molar-refractivity contribution in [1.29, 1.82) is 0 Å². The SMILES string of the molecule is Cc1ccc(CN(CC(=O)OC(C)(C)C)Cc2ccc(OCCc3nc(-c4ccccc4)oc3C)cc2)cc1. The van der Waals surface area contributed by atoms with Crippen LogP contribution in [0.4, 0.5) is 0 Å². The van der Waals surface area contributed by atoms with Crippen LogP contribution in [0.15, 0.2) is 83.3 Å². The van der Waals surface area contributed by atoms with Crippen LogP contribution in [0.25, 0.3) is 11.5 Å². The largest absolute Gasteiger partial charge is 0.493 e. The normalized spacial score (nSPS) is 11.5. The molecular weight excluding hydrogens is 488 g/mol. The highest BCUT2D eigenvalue weighted by atomic mass is 16.6. The molecule has 6 nitrogen and oxygen atoms in total. The Morgan fingerprint density at radius 2 is 1.49 bits per heavy atom. The summed E-state index contributed by atoms with van der Waals surface area (Å²) in [5, 5.41) is 0. The Labute approximate surface area is 231 Å². The molecule has 0 saturated carbocycles. The van der Waals surface area contributed by atoms with Gasteiger partial charge in [0, 0.05) is 25.1 Å². The van der Waals surface area contributed by atoms with Crippen molar-refractivity contribution in [3.05, 3.63) is 107 Å². The van der Waals surface area contributed by atoms with Gasteiger partial charge in [0.25, 0.3) is 0 Å². The van der Waals surface area contributed by atoms with Gasteiger partial charge in [-0.1, -0.05) is 60.2 Å². The van der Waals surface area contributed by atoms with E-state index in [1.165, 1.54) is 5.56 Å². The number of rotatable bonds is 11. The maximum atomic E-state index is 12.6. The number of aromatic nitrogens is 1. The Balaban J connectivity index is 1.34. The second kappa shape index (κ2) is 12.8. The lowest BCUT2D eigenvalue weighted by atomic mass is 10.1. The molecule has 0 bridgehead atoms. The minimum atomic E-state index is -0.515. The van der Waals surface area contributed by atoms with Gasteiger partial charge in [0.15, 0.2) is 0 Å². The number of oxazole rings is 1. The average molecular weight is 527 g/mol. The molecule has 39 heavy (non-hydrogen) atoms. The summed E-state index contributed by atoms with van der Waals surface area (Å²) < 4.78 is 17.4. The first-order valence-electron chi connectivity index (χ1n) is 13.4. The lowest BCUT2D eigenvalue weighted by Gasteiger charge is -2.25. The minimum Gasteiger partial charge on any atom is -0.493 e. The second-order valence-electron chi connectivity index (χ2n) is 10.8. The number of ether oxygens (including phenoxy) is 2. The monoisotopic (exact) mass is 526 g/mol. The molecular formula is C33H38N2O4. The zero-order valence-electron chi connectivity index (χ0n) is 23.6. The van der Waals surface area contributed by atoms with Gasteiger partial charge in [-0.25, -0.2) is 4.98 Å². The Bertz CT molecular complexity index is 1340. The van der Waals surface area contributed by atoms with Gasteiger partial charge >= 0.3 is 5.97 Å². The topological polar surface area (TPSA) is 64.8 Å². The summed E-state index contributed by atoms with van der Waals surface area (Å²) >= 11 is 0. The van der Waals surface area contributed by atoms with Crippen molar-refractivity contribution in [3.63, 3.8) is 0 Å². The van der Waals surface area contributed by atoms with E-state index in [1.807, 2.05) is 82.3 Å². The van der Waals surface area contributed by atoms with E-state index < -0.39 is 5.60 Å². The molecule has 0 aliphatic carbocycles. The summed E-state index contributed by atoms with van der Waals surface area (Å²) in [5.41, 5.74) is 4.81. The van der Waals surface area contributed by atoms with Crippen LogP contribution in [0.3, 0.4) is 0 Å². The van der Waals surface area contributed by atoms with Crippen molar-refractivity contribution in [2.24, 2.45) is 0 Å². The lowest BCUT2D eigenvalue weighted by Crippen LogP contribution is -2.34. The molecule has 0 aliphatic heterocycles. The van der Waals surface area contributed by atoms with Crippen molar-refractivity contribution < 1.29 is 18.7 Å². The number of hydrogen-bond acceptors (Lipinski definition) is 6. The third-order valence-corrected chi connectivity index (χ3v) is 6.15. The van der Waals surface area contributed by atoms with E-state index in [4.69, 9.17) is 13.9 Å². The van der Waals surface area contributed by atoms with Crippen molar-refractivity contribution in [3.8, 4) is 17.2 Å². The molecule has 3 aromatic carbocycles. The first kappa shape index (κ1) is 28.1. The molecule has 0 fully saturated rings. The maximum Gasteiger partial charge on any atom is 0.320 e. The third-order valence-electron chi connectivity index (χ3n) is 6.15. The minimum absolute atomic E-state index is 0.214. The Morgan fingerprint density at radius 1 is 0.872 bits per heavy atom. The first-order chi connectivity index (χ1) is 18.6. The quantitative estimate of drug-likeness (QED) is 0.198. The molecule has 0 radical (unpaired) electrons. The molecule has 1 aromatic heterocycles. The number of nitrogens with zero attached hydrogens (tertiary/aromatic N) is 2. The molecule has 0 N–H and O–H groups in total. The standard InChI is InChI=1S/C33H38N2O4/c1-24-11-13-26(14-12-24)21-35(23-31(36)39-33(3,4)5)22-27-15-17-29(18-16-27)37-20-19-30-25(2)38-32(34-30)28-9-7-6-8-10-28/h6-18H,19-23H2,1-5H3. The highest BCUT2D eigenvalue weighted by Crippen LogP contribution is 2.22. The van der Waals surface area contributed by atoms with E-state index in [0.29, 0.717) is 32.0 Å². The molecule has 0 spiro atoms. The lowest BCUT2D eigenvalue weighted by molar-refractivity contribution is -0.156. The number of carbonyl (C=O) groups is 1. The number of hydrogen-bond donors (Lipinski definition) is 0. The molecule has 4 rings (SSSR count). The van der Waals surface area contributed by atoms with Crippen molar-refractivity contribution in [1.82, 2.24) is 9.88 Å². The van der Waals surface area contributed by atoms with E-state index >= 15 is 0 Å². The van der Waals surface area contributed by atoms with Crippen LogP contribution in [0, 0.1) is 13.8 Å². The number of benzene rings is 3. The van der Waals surface area contributed by atoms with Crippen LogP contribution in [-0.4, -0.2) is 34.6 Å². The molecule has 0 saturated heterocycles. The summed E-state index contributed by atoms with van der Waals surface area (Å²) in [5.74, 6) is 2.01. The maximum absolute atomic E-state index is 12.6. The van der Waals surface area contributed by atoms with Gasteiger partial charge in [0.05, 0.1) is 18.8 Å². The van der Waals surface area contributed by atoms with Crippen molar-refractivity contribution in [2.75, 3.05) is 13.2 Å². The second-order valence-corrected chi connectivity index (χ2v) is 10.8. The van der Waals surface area contributed by atoms with Gasteiger partial charge in [-0.3, -0.25) is 9.69 Å². The van der Waals surface area contributed by atoms with Gasteiger partial charge in [0.2, 0.25) is 5.89 Å². The summed E-state index contributed by atoms with van der Waals surface area (Å²) in [7, 11) is 0. The van der Waals surface area contributed by atoms with Gasteiger partial charge in [0.1, 0.15) is 17.1 Å². The summed E-state index contributed by atoms with van der Waals surface area (Å²) in [6.45, 7) is 11.7. The first-order valence-corrected chi connectivity index (χ1v) is 13.4. The molecule has 204 valence electrons. The Hall–Kier alpha value is -3.90. The summed E-state index contributed by atoms with van der Waals surface area (Å²) in [4.78, 5) is 19.4. The highest BCUT2D eigenvalue weighted by molar-refractivity contribution is 5.72. The molecule has 0 unspecified atom stereocenters. The molecule has 4 aromatic rings. The van der Waals surface area contributed by atoms with Gasteiger partial charge in [-0.2, -0.15) is 0 Å². The highest BCUT2D eigenvalue weighted by Gasteiger charge is 2.20. The van der Waals surface area contributed by atoms with Crippen LogP contribution < -0.4 is 4.74 Å². The van der Waals surface area contributed by atoms with Gasteiger partial charge < -0.3 is 13.9 Å². The van der Waals surface area contributed by atoms with E-state index in [0.717, 1.165) is 33.9 Å². The van der Waals surface area contributed by atoms with Crippen molar-refractivity contribution in [2.45, 2.75) is 59.7 Å². The Kier molecular flexibility index (Phi) is 9.20. The fourth-order valence-corrected chi connectivity index (χ4v) is 4.25. The third kappa shape index (κ3) is 8.82. The van der Waals surface area contributed by atoms with E-state index in [9.17, 15) is 4.79 Å². The van der Waals surface area contributed by atoms with Crippen molar-refractivity contribution >= 4 is 5.97 Å². The van der Waals surface area contributed by atoms with E-state index in [-0.39, 0.29) is 12.5 Å². The molecule has 0 atom stereocenters.